The smallest absolute Gasteiger partial charge is 0.209 e. The van der Waals surface area contributed by atoms with E-state index in [1.54, 1.807) is 0 Å². The van der Waals surface area contributed by atoms with E-state index in [1.165, 1.54) is 56.2 Å². The van der Waals surface area contributed by atoms with Gasteiger partial charge in [0.25, 0.3) is 0 Å². The van der Waals surface area contributed by atoms with Gasteiger partial charge >= 0.3 is 0 Å². The first-order valence-corrected chi connectivity index (χ1v) is 16.6. The van der Waals surface area contributed by atoms with E-state index in [0.29, 0.717) is 0 Å². The van der Waals surface area contributed by atoms with Crippen molar-refractivity contribution in [2.75, 3.05) is 19.0 Å². The first-order chi connectivity index (χ1) is 20.7. The molecule has 0 spiro atoms. The van der Waals surface area contributed by atoms with Gasteiger partial charge in [-0.1, -0.05) is 82.3 Å². The Bertz CT molecular complexity index is 1660. The summed E-state index contributed by atoms with van der Waals surface area (Å²) in [6.07, 6.45) is 14.1. The van der Waals surface area contributed by atoms with Crippen molar-refractivity contribution in [1.82, 2.24) is 0 Å². The van der Waals surface area contributed by atoms with E-state index in [2.05, 4.69) is 158 Å². The van der Waals surface area contributed by atoms with Crippen molar-refractivity contribution in [2.45, 2.75) is 79.1 Å². The van der Waals surface area contributed by atoms with Crippen LogP contribution in [0.2, 0.25) is 0 Å². The van der Waals surface area contributed by atoms with Gasteiger partial charge in [-0.3, -0.25) is 0 Å². The molecule has 0 atom stereocenters. The zero-order valence-corrected chi connectivity index (χ0v) is 29.1. The fourth-order valence-corrected chi connectivity index (χ4v) is 7.14. The van der Waals surface area contributed by atoms with Crippen molar-refractivity contribution < 1.29 is 33.5 Å². The third-order valence-electron chi connectivity index (χ3n) is 9.56. The summed E-state index contributed by atoms with van der Waals surface area (Å²) in [5, 5.41) is 0. The average Bonchev–Trinajstić information content (AvgIpc) is 3.26. The zero-order chi connectivity index (χ0) is 33.5. The second-order valence-corrected chi connectivity index (χ2v) is 15.1. The molecule has 0 bridgehead atoms. The van der Waals surface area contributed by atoms with Crippen molar-refractivity contribution in [1.29, 1.82) is 0 Å². The molecule has 3 aliphatic rings. The number of benzene rings is 2. The SMILES string of the molecule is CC(/C=C/C1=[N+](C)c2ccccc2C1(C)C)=C1C=C(/C(C)=C/C=C2\N(C)c3ccccc3C2(C)C)CC(C)(C)C/1.[O-][Cl+3]([O-])([O-])[O-]. The summed E-state index contributed by atoms with van der Waals surface area (Å²) in [6, 6.07) is 17.6. The highest BCUT2D eigenvalue weighted by Gasteiger charge is 2.42. The number of likely N-dealkylation sites (N-methyl/N-ethyl adjacent to an activating group) is 1. The van der Waals surface area contributed by atoms with Crippen LogP contribution in [0.25, 0.3) is 0 Å². The normalized spacial score (nSPS) is 22.3. The quantitative estimate of drug-likeness (QED) is 0.452. The molecule has 2 aromatic rings. The van der Waals surface area contributed by atoms with Crippen LogP contribution in [0.15, 0.2) is 107 Å². The summed E-state index contributed by atoms with van der Waals surface area (Å²) in [6.45, 7) is 18.7. The molecule has 2 aliphatic heterocycles. The van der Waals surface area contributed by atoms with Gasteiger partial charge in [0.1, 0.15) is 7.05 Å². The fourth-order valence-electron chi connectivity index (χ4n) is 7.14. The lowest BCUT2D eigenvalue weighted by Crippen LogP contribution is -2.68. The summed E-state index contributed by atoms with van der Waals surface area (Å²) in [4.78, 5) is 2.36. The van der Waals surface area contributed by atoms with Crippen LogP contribution in [0.5, 0.6) is 0 Å². The molecule has 1 aliphatic carbocycles. The molecule has 5 rings (SSSR count). The molecule has 0 amide bonds. The number of nitrogens with zero attached hydrogens (tertiary/aromatic N) is 2. The van der Waals surface area contributed by atoms with Gasteiger partial charge < -0.3 is 4.90 Å². The van der Waals surface area contributed by atoms with Gasteiger partial charge in [0.2, 0.25) is 5.69 Å². The molecule has 0 unspecified atom stereocenters. The molecule has 0 N–H and O–H groups in total. The Morgan fingerprint density at radius 1 is 0.844 bits per heavy atom. The van der Waals surface area contributed by atoms with Gasteiger partial charge in [-0.05, 0) is 85.9 Å². The Balaban J connectivity index is 0.000000854. The monoisotopic (exact) mass is 630 g/mol. The van der Waals surface area contributed by atoms with Crippen molar-refractivity contribution in [3.05, 3.63) is 118 Å². The number of allylic oxidation sites excluding steroid dienone is 10. The molecule has 0 radical (unpaired) electrons. The van der Waals surface area contributed by atoms with Gasteiger partial charge in [0.15, 0.2) is 5.71 Å². The van der Waals surface area contributed by atoms with E-state index >= 15 is 0 Å². The van der Waals surface area contributed by atoms with Crippen LogP contribution in [0.1, 0.15) is 79.4 Å². The molecule has 0 saturated carbocycles. The molecule has 45 heavy (non-hydrogen) atoms. The lowest BCUT2D eigenvalue weighted by Gasteiger charge is -2.32. The Morgan fingerprint density at radius 2 is 1.42 bits per heavy atom. The molecule has 240 valence electrons. The molecule has 7 heteroatoms. The van der Waals surface area contributed by atoms with Crippen molar-refractivity contribution >= 4 is 17.1 Å². The van der Waals surface area contributed by atoms with Gasteiger partial charge in [-0.25, -0.2) is 18.6 Å². The molecule has 2 heterocycles. The Morgan fingerprint density at radius 3 is 2.02 bits per heavy atom. The van der Waals surface area contributed by atoms with Crippen LogP contribution in [0.3, 0.4) is 0 Å². The van der Waals surface area contributed by atoms with E-state index in [0.717, 1.165) is 12.8 Å². The van der Waals surface area contributed by atoms with Crippen LogP contribution in [0, 0.1) is 15.7 Å². The summed E-state index contributed by atoms with van der Waals surface area (Å²) in [5.41, 5.74) is 13.9. The Labute approximate surface area is 271 Å². The van der Waals surface area contributed by atoms with Crippen LogP contribution in [-0.2, 0) is 10.8 Å². The molecule has 6 nitrogen and oxygen atoms in total. The maximum Gasteiger partial charge on any atom is 0.209 e. The van der Waals surface area contributed by atoms with Crippen molar-refractivity contribution in [3.63, 3.8) is 0 Å². The Kier molecular flexibility index (Phi) is 9.61. The lowest BCUT2D eigenvalue weighted by molar-refractivity contribution is -2.00. The third-order valence-corrected chi connectivity index (χ3v) is 9.56. The second kappa shape index (κ2) is 12.5. The maximum absolute atomic E-state index is 8.49. The first kappa shape index (κ1) is 34.6. The van der Waals surface area contributed by atoms with Crippen LogP contribution >= 0.6 is 0 Å². The topological polar surface area (TPSA) is 98.5 Å². The minimum Gasteiger partial charge on any atom is -0.347 e. The van der Waals surface area contributed by atoms with Crippen LogP contribution < -0.4 is 23.5 Å². The molecule has 0 fully saturated rings. The highest BCUT2D eigenvalue weighted by atomic mass is 35.7. The molecule has 2 aromatic carbocycles. The molecule has 0 aromatic heterocycles. The summed E-state index contributed by atoms with van der Waals surface area (Å²) in [7, 11) is -0.552. The van der Waals surface area contributed by atoms with E-state index < -0.39 is 10.2 Å². The number of halogens is 1. The van der Waals surface area contributed by atoms with E-state index in [9.17, 15) is 0 Å². The average molecular weight is 631 g/mol. The van der Waals surface area contributed by atoms with Gasteiger partial charge in [-0.2, -0.15) is 4.58 Å². The number of anilines is 1. The van der Waals surface area contributed by atoms with Gasteiger partial charge in [-0.15, -0.1) is 10.2 Å². The molecular weight excluding hydrogens is 584 g/mol. The largest absolute Gasteiger partial charge is 0.347 e. The zero-order valence-electron chi connectivity index (χ0n) is 28.3. The molecule has 0 saturated heterocycles. The highest BCUT2D eigenvalue weighted by Crippen LogP contribution is 2.47. The summed E-state index contributed by atoms with van der Waals surface area (Å²) in [5.74, 6) is 0. The van der Waals surface area contributed by atoms with E-state index in [-0.39, 0.29) is 16.2 Å². The minimum atomic E-state index is -4.94. The summed E-state index contributed by atoms with van der Waals surface area (Å²) >= 11 is 0. The number of fused-ring (bicyclic) bond motifs is 2. The number of hydrogen-bond donors (Lipinski definition) is 0. The first-order valence-electron chi connectivity index (χ1n) is 15.4. The lowest BCUT2D eigenvalue weighted by atomic mass is 9.72. The fraction of sp³-hybridized carbons (Fsp3) is 0.395. The van der Waals surface area contributed by atoms with Crippen molar-refractivity contribution in [2.24, 2.45) is 5.41 Å². The van der Waals surface area contributed by atoms with E-state index in [4.69, 9.17) is 18.6 Å². The second-order valence-electron chi connectivity index (χ2n) is 14.3. The third kappa shape index (κ3) is 7.43. The number of hydrogen-bond acceptors (Lipinski definition) is 5. The highest BCUT2D eigenvalue weighted by molar-refractivity contribution is 6.03. The van der Waals surface area contributed by atoms with Crippen molar-refractivity contribution in [3.8, 4) is 0 Å². The number of rotatable bonds is 4. The predicted molar refractivity (Wildman–Crippen MR) is 173 cm³/mol. The standard InChI is InChI=1S/C38H47N2.ClHO4/c1-26(19-21-34-37(5,6)30-15-11-13-17-32(30)39(34)9)28-23-29(25-36(3,4)24-28)27(2)20-22-35-38(7,8)31-16-12-14-18-33(31)40(35)10;2-1(3,4)5/h11-23H,24-25H2,1-10H3;(H,2,3,4,5)/q+1;/p-1. The van der Waals surface area contributed by atoms with Gasteiger partial charge in [0, 0.05) is 41.6 Å². The number of para-hydroxylation sites is 2. The van der Waals surface area contributed by atoms with Gasteiger partial charge in [0.05, 0.1) is 5.41 Å². The maximum atomic E-state index is 8.49. The van der Waals surface area contributed by atoms with E-state index in [1.807, 2.05) is 0 Å². The van der Waals surface area contributed by atoms with Crippen LogP contribution in [0.4, 0.5) is 11.4 Å². The minimum absolute atomic E-state index is 0.00666. The van der Waals surface area contributed by atoms with Crippen LogP contribution in [-0.4, -0.2) is 24.4 Å². The Hall–Kier alpha value is -3.26. The predicted octanol–water partition coefficient (Wildman–Crippen LogP) is 4.81. The summed E-state index contributed by atoms with van der Waals surface area (Å²) < 4.78 is 36.3. The molecular formula is C38H47ClN2O4.